The number of H-pyrrole nitrogens is 1. The standard InChI is InChI=1S/C9H6N4O/c14-9-8-11-4-5-13(8)7-6(12-9)2-1-3-10-7/h1-5H,(H,12,14). The van der Waals surface area contributed by atoms with Crippen molar-refractivity contribution in [2.75, 3.05) is 0 Å². The molecule has 1 N–H and O–H groups in total. The van der Waals surface area contributed by atoms with Gasteiger partial charge in [0.2, 0.25) is 5.65 Å². The van der Waals surface area contributed by atoms with E-state index < -0.39 is 0 Å². The summed E-state index contributed by atoms with van der Waals surface area (Å²) in [5.74, 6) is 0. The van der Waals surface area contributed by atoms with Crippen molar-refractivity contribution in [2.24, 2.45) is 0 Å². The van der Waals surface area contributed by atoms with Gasteiger partial charge in [0.15, 0.2) is 5.65 Å². The van der Waals surface area contributed by atoms with Gasteiger partial charge in [-0.15, -0.1) is 0 Å². The van der Waals surface area contributed by atoms with E-state index in [1.165, 1.54) is 0 Å². The molecule has 5 nitrogen and oxygen atoms in total. The predicted octanol–water partition coefficient (Wildman–Crippen LogP) is 0.571. The highest BCUT2D eigenvalue weighted by atomic mass is 16.1. The Morgan fingerprint density at radius 1 is 1.21 bits per heavy atom. The molecular weight excluding hydrogens is 180 g/mol. The van der Waals surface area contributed by atoms with Gasteiger partial charge in [-0.3, -0.25) is 9.20 Å². The van der Waals surface area contributed by atoms with E-state index in [9.17, 15) is 4.79 Å². The predicted molar refractivity (Wildman–Crippen MR) is 51.1 cm³/mol. The number of hydrogen-bond donors (Lipinski definition) is 1. The SMILES string of the molecule is O=c1[nH]c2cccnc2n2ccnc12. The summed E-state index contributed by atoms with van der Waals surface area (Å²) >= 11 is 0. The Kier molecular flexibility index (Phi) is 1.25. The van der Waals surface area contributed by atoms with Crippen LogP contribution in [0, 0.1) is 0 Å². The van der Waals surface area contributed by atoms with E-state index in [2.05, 4.69) is 15.0 Å². The molecule has 0 aliphatic rings. The van der Waals surface area contributed by atoms with Crippen molar-refractivity contribution in [3.05, 3.63) is 41.1 Å². The van der Waals surface area contributed by atoms with Gasteiger partial charge in [0, 0.05) is 18.6 Å². The summed E-state index contributed by atoms with van der Waals surface area (Å²) in [5, 5.41) is 0. The first-order valence-corrected chi connectivity index (χ1v) is 4.16. The minimum absolute atomic E-state index is 0.199. The Bertz CT molecular complexity index is 667. The van der Waals surface area contributed by atoms with Crippen LogP contribution in [-0.4, -0.2) is 19.4 Å². The molecule has 0 saturated carbocycles. The molecule has 0 unspecified atom stereocenters. The number of rotatable bonds is 0. The Morgan fingerprint density at radius 3 is 3.00 bits per heavy atom. The third kappa shape index (κ3) is 0.806. The zero-order chi connectivity index (χ0) is 9.54. The molecule has 68 valence electrons. The molecule has 3 heterocycles. The number of nitrogens with zero attached hydrogens (tertiary/aromatic N) is 3. The Labute approximate surface area is 78.1 Å². The van der Waals surface area contributed by atoms with E-state index in [-0.39, 0.29) is 5.56 Å². The van der Waals surface area contributed by atoms with Gasteiger partial charge in [0.05, 0.1) is 5.52 Å². The molecule has 0 radical (unpaired) electrons. The molecule has 3 rings (SSSR count). The van der Waals surface area contributed by atoms with Crippen LogP contribution in [0.4, 0.5) is 0 Å². The number of hydrogen-bond acceptors (Lipinski definition) is 3. The van der Waals surface area contributed by atoms with E-state index in [1.54, 1.807) is 29.1 Å². The average Bonchev–Trinajstić information content (AvgIpc) is 2.67. The monoisotopic (exact) mass is 186 g/mol. The van der Waals surface area contributed by atoms with E-state index >= 15 is 0 Å². The molecule has 3 aromatic rings. The number of aromatic amines is 1. The normalized spacial score (nSPS) is 11.1. The number of pyridine rings is 1. The molecule has 0 atom stereocenters. The molecular formula is C9H6N4O. The maximum absolute atomic E-state index is 11.5. The van der Waals surface area contributed by atoms with Gasteiger partial charge in [0.1, 0.15) is 0 Å². The van der Waals surface area contributed by atoms with Crippen LogP contribution in [0.15, 0.2) is 35.5 Å². The van der Waals surface area contributed by atoms with E-state index in [4.69, 9.17) is 0 Å². The number of imidazole rings is 1. The maximum Gasteiger partial charge on any atom is 0.292 e. The van der Waals surface area contributed by atoms with Crippen LogP contribution in [0.5, 0.6) is 0 Å². The van der Waals surface area contributed by atoms with E-state index in [0.29, 0.717) is 16.8 Å². The lowest BCUT2D eigenvalue weighted by atomic mass is 10.4. The molecule has 0 aromatic carbocycles. The van der Waals surface area contributed by atoms with Crippen molar-refractivity contribution in [1.82, 2.24) is 19.4 Å². The summed E-state index contributed by atoms with van der Waals surface area (Å²) < 4.78 is 1.67. The fourth-order valence-corrected chi connectivity index (χ4v) is 1.51. The van der Waals surface area contributed by atoms with Gasteiger partial charge in [-0.2, -0.15) is 0 Å². The number of aromatic nitrogens is 4. The lowest BCUT2D eigenvalue weighted by Crippen LogP contribution is -2.11. The van der Waals surface area contributed by atoms with Crippen LogP contribution < -0.4 is 5.56 Å². The van der Waals surface area contributed by atoms with Crippen molar-refractivity contribution < 1.29 is 0 Å². The zero-order valence-corrected chi connectivity index (χ0v) is 7.14. The van der Waals surface area contributed by atoms with Crippen molar-refractivity contribution in [2.45, 2.75) is 0 Å². The second kappa shape index (κ2) is 2.41. The maximum atomic E-state index is 11.5. The summed E-state index contributed by atoms with van der Waals surface area (Å²) in [7, 11) is 0. The second-order valence-electron chi connectivity index (χ2n) is 2.95. The average molecular weight is 186 g/mol. The highest BCUT2D eigenvalue weighted by Crippen LogP contribution is 2.06. The second-order valence-corrected chi connectivity index (χ2v) is 2.95. The zero-order valence-electron chi connectivity index (χ0n) is 7.14. The van der Waals surface area contributed by atoms with Crippen molar-refractivity contribution >= 4 is 16.8 Å². The molecule has 0 amide bonds. The van der Waals surface area contributed by atoms with Crippen molar-refractivity contribution in [1.29, 1.82) is 0 Å². The molecule has 14 heavy (non-hydrogen) atoms. The third-order valence-electron chi connectivity index (χ3n) is 2.11. The molecule has 0 fully saturated rings. The smallest absolute Gasteiger partial charge is 0.292 e. The van der Waals surface area contributed by atoms with Gasteiger partial charge < -0.3 is 4.98 Å². The van der Waals surface area contributed by atoms with Crippen LogP contribution in [-0.2, 0) is 0 Å². The first-order chi connectivity index (χ1) is 6.86. The molecule has 0 aliphatic carbocycles. The highest BCUT2D eigenvalue weighted by molar-refractivity contribution is 5.72. The first-order valence-electron chi connectivity index (χ1n) is 4.16. The number of fused-ring (bicyclic) bond motifs is 3. The van der Waals surface area contributed by atoms with Gasteiger partial charge in [-0.25, -0.2) is 9.97 Å². The Hall–Kier alpha value is -2.17. The van der Waals surface area contributed by atoms with Gasteiger partial charge in [0.25, 0.3) is 5.56 Å². The summed E-state index contributed by atoms with van der Waals surface area (Å²) in [6, 6.07) is 3.59. The summed E-state index contributed by atoms with van der Waals surface area (Å²) in [4.78, 5) is 22.3. The van der Waals surface area contributed by atoms with E-state index in [1.807, 2.05) is 6.07 Å². The molecule has 3 aromatic heterocycles. The van der Waals surface area contributed by atoms with Gasteiger partial charge in [-0.05, 0) is 12.1 Å². The van der Waals surface area contributed by atoms with E-state index in [0.717, 1.165) is 0 Å². The fourth-order valence-electron chi connectivity index (χ4n) is 1.51. The lowest BCUT2D eigenvalue weighted by Gasteiger charge is -1.98. The van der Waals surface area contributed by atoms with Crippen LogP contribution >= 0.6 is 0 Å². The lowest BCUT2D eigenvalue weighted by molar-refractivity contribution is 1.12. The van der Waals surface area contributed by atoms with Crippen LogP contribution in [0.25, 0.3) is 16.8 Å². The van der Waals surface area contributed by atoms with Crippen LogP contribution in [0.2, 0.25) is 0 Å². The Balaban J connectivity index is 2.73. The molecule has 0 aliphatic heterocycles. The molecule has 0 saturated heterocycles. The first kappa shape index (κ1) is 7.25. The highest BCUT2D eigenvalue weighted by Gasteiger charge is 2.04. The summed E-state index contributed by atoms with van der Waals surface area (Å²) in [5.41, 5.74) is 1.59. The molecule has 0 bridgehead atoms. The largest absolute Gasteiger partial charge is 0.316 e. The molecule has 0 spiro atoms. The Morgan fingerprint density at radius 2 is 2.07 bits per heavy atom. The van der Waals surface area contributed by atoms with Crippen molar-refractivity contribution in [3.8, 4) is 0 Å². The van der Waals surface area contributed by atoms with Crippen LogP contribution in [0.1, 0.15) is 0 Å². The summed E-state index contributed by atoms with van der Waals surface area (Å²) in [6.45, 7) is 0. The topological polar surface area (TPSA) is 63.0 Å². The van der Waals surface area contributed by atoms with Gasteiger partial charge in [-0.1, -0.05) is 0 Å². The minimum Gasteiger partial charge on any atom is -0.316 e. The minimum atomic E-state index is -0.199. The van der Waals surface area contributed by atoms with Crippen LogP contribution in [0.3, 0.4) is 0 Å². The quantitative estimate of drug-likeness (QED) is 0.558. The van der Waals surface area contributed by atoms with Crippen molar-refractivity contribution in [3.63, 3.8) is 0 Å². The third-order valence-corrected chi connectivity index (χ3v) is 2.11. The number of nitrogens with one attached hydrogen (secondary N) is 1. The fraction of sp³-hybridized carbons (Fsp3) is 0. The summed E-state index contributed by atoms with van der Waals surface area (Å²) in [6.07, 6.45) is 4.98. The molecule has 5 heteroatoms. The van der Waals surface area contributed by atoms with Gasteiger partial charge >= 0.3 is 0 Å².